The van der Waals surface area contributed by atoms with Crippen LogP contribution >= 0.6 is 22.9 Å². The summed E-state index contributed by atoms with van der Waals surface area (Å²) in [5.41, 5.74) is 3.11. The van der Waals surface area contributed by atoms with Gasteiger partial charge >= 0.3 is 0 Å². The van der Waals surface area contributed by atoms with Gasteiger partial charge in [-0.25, -0.2) is 0 Å². The van der Waals surface area contributed by atoms with Gasteiger partial charge in [-0.05, 0) is 58.7 Å². The molecule has 168 valence electrons. The normalized spacial score (nSPS) is 15.7. The number of hydrogen-bond acceptors (Lipinski definition) is 6. The van der Waals surface area contributed by atoms with Gasteiger partial charge < -0.3 is 5.11 Å². The zero-order chi connectivity index (χ0) is 23.2. The predicted octanol–water partition coefficient (Wildman–Crippen LogP) is 5.31. The number of fused-ring (bicyclic) bond motifs is 3. The van der Waals surface area contributed by atoms with Crippen molar-refractivity contribution in [3.05, 3.63) is 62.5 Å². The number of ketones is 1. The highest BCUT2D eigenvalue weighted by molar-refractivity contribution is 7.15. The van der Waals surface area contributed by atoms with Gasteiger partial charge in [-0.2, -0.15) is 0 Å². The smallest absolute Gasteiger partial charge is 0.163 e. The quantitative estimate of drug-likeness (QED) is 0.529. The first-order chi connectivity index (χ1) is 15.0. The number of Topliss-reactive ketones (excluding diaryl/α,β-unsaturated/α-hetero) is 1. The molecular formula is C24H27ClN4O2S. The molecular weight excluding hydrogens is 444 g/mol. The van der Waals surface area contributed by atoms with E-state index in [0.29, 0.717) is 23.7 Å². The van der Waals surface area contributed by atoms with Crippen LogP contribution in [0.5, 0.6) is 0 Å². The minimum Gasteiger partial charge on any atom is -0.390 e. The third-order valence-electron chi connectivity index (χ3n) is 5.79. The molecule has 1 atom stereocenters. The minimum atomic E-state index is -0.883. The third kappa shape index (κ3) is 4.42. The maximum absolute atomic E-state index is 12.9. The Morgan fingerprint density at radius 2 is 1.88 bits per heavy atom. The van der Waals surface area contributed by atoms with Crippen LogP contribution in [0.15, 0.2) is 29.3 Å². The summed E-state index contributed by atoms with van der Waals surface area (Å²) in [4.78, 5) is 19.2. The summed E-state index contributed by atoms with van der Waals surface area (Å²) in [6.07, 6.45) is 0.904. The molecule has 0 fully saturated rings. The SMILES string of the molecule is Cc1sc2c(c1C)C(c1ccc(Cl)cc1)=N[C@@H](CC(=O)CCC(C)(C)O)c1nnc(C)n1-2. The van der Waals surface area contributed by atoms with Gasteiger partial charge in [0.1, 0.15) is 22.7 Å². The van der Waals surface area contributed by atoms with Gasteiger partial charge in [0, 0.05) is 33.9 Å². The second kappa shape index (κ2) is 8.54. The first-order valence-electron chi connectivity index (χ1n) is 10.7. The third-order valence-corrected chi connectivity index (χ3v) is 7.24. The van der Waals surface area contributed by atoms with E-state index in [0.717, 1.165) is 33.2 Å². The van der Waals surface area contributed by atoms with E-state index in [1.54, 1.807) is 25.2 Å². The number of aliphatic imine (C=N–C) groups is 1. The predicted molar refractivity (Wildman–Crippen MR) is 128 cm³/mol. The molecule has 0 saturated carbocycles. The summed E-state index contributed by atoms with van der Waals surface area (Å²) in [5.74, 6) is 1.48. The maximum Gasteiger partial charge on any atom is 0.163 e. The standard InChI is InChI=1S/C24H27ClN4O2S/c1-13-14(2)32-23-20(13)21(16-6-8-17(25)9-7-16)26-19(22-28-27-15(3)29(22)23)12-18(30)10-11-24(4,5)31/h6-9,19,31H,10-12H2,1-5H3/t19-/m0/s1. The number of carbonyl (C=O) groups is 1. The zero-order valence-corrected chi connectivity index (χ0v) is 20.5. The number of aromatic nitrogens is 3. The fourth-order valence-corrected chi connectivity index (χ4v) is 5.24. The van der Waals surface area contributed by atoms with Crippen molar-refractivity contribution in [2.45, 2.75) is 65.5 Å². The average Bonchev–Trinajstić information content (AvgIpc) is 3.19. The highest BCUT2D eigenvalue weighted by atomic mass is 35.5. The van der Waals surface area contributed by atoms with Crippen molar-refractivity contribution in [3.63, 3.8) is 0 Å². The van der Waals surface area contributed by atoms with Crippen molar-refractivity contribution in [3.8, 4) is 5.00 Å². The van der Waals surface area contributed by atoms with Crippen LogP contribution in [0.1, 0.15) is 72.4 Å². The Morgan fingerprint density at radius 3 is 2.53 bits per heavy atom. The summed E-state index contributed by atoms with van der Waals surface area (Å²) in [6.45, 7) is 9.55. The van der Waals surface area contributed by atoms with E-state index in [-0.39, 0.29) is 12.2 Å². The van der Waals surface area contributed by atoms with Gasteiger partial charge in [-0.1, -0.05) is 23.7 Å². The molecule has 2 aromatic heterocycles. The fourth-order valence-electron chi connectivity index (χ4n) is 3.90. The molecule has 0 saturated heterocycles. The Bertz CT molecular complexity index is 1200. The zero-order valence-electron chi connectivity index (χ0n) is 18.9. The van der Waals surface area contributed by atoms with E-state index < -0.39 is 11.6 Å². The topological polar surface area (TPSA) is 80.4 Å². The van der Waals surface area contributed by atoms with Gasteiger partial charge in [-0.15, -0.1) is 21.5 Å². The summed E-state index contributed by atoms with van der Waals surface area (Å²) in [5, 5.41) is 20.4. The molecule has 1 N–H and O–H groups in total. The molecule has 1 aliphatic rings. The Morgan fingerprint density at radius 1 is 1.19 bits per heavy atom. The Balaban J connectivity index is 1.84. The van der Waals surface area contributed by atoms with Gasteiger partial charge in [0.25, 0.3) is 0 Å². The lowest BCUT2D eigenvalue weighted by Crippen LogP contribution is -2.20. The van der Waals surface area contributed by atoms with E-state index in [2.05, 4.69) is 24.0 Å². The van der Waals surface area contributed by atoms with Gasteiger partial charge in [-0.3, -0.25) is 14.4 Å². The average molecular weight is 471 g/mol. The molecule has 0 radical (unpaired) electrons. The lowest BCUT2D eigenvalue weighted by Gasteiger charge is -2.17. The Labute approximate surface area is 197 Å². The van der Waals surface area contributed by atoms with Crippen LogP contribution in [-0.4, -0.2) is 37.0 Å². The second-order valence-electron chi connectivity index (χ2n) is 8.96. The number of carbonyl (C=O) groups excluding carboxylic acids is 1. The van der Waals surface area contributed by atoms with E-state index in [1.165, 1.54) is 4.88 Å². The molecule has 0 bridgehead atoms. The van der Waals surface area contributed by atoms with Crippen molar-refractivity contribution < 1.29 is 9.90 Å². The summed E-state index contributed by atoms with van der Waals surface area (Å²) >= 11 is 7.82. The number of hydrogen-bond donors (Lipinski definition) is 1. The number of nitrogens with zero attached hydrogens (tertiary/aromatic N) is 4. The van der Waals surface area contributed by atoms with Crippen LogP contribution in [0.3, 0.4) is 0 Å². The number of aliphatic hydroxyl groups is 1. The van der Waals surface area contributed by atoms with Crippen molar-refractivity contribution >= 4 is 34.4 Å². The van der Waals surface area contributed by atoms with Crippen LogP contribution in [-0.2, 0) is 4.79 Å². The molecule has 1 aliphatic heterocycles. The lowest BCUT2D eigenvalue weighted by atomic mass is 9.97. The number of aryl methyl sites for hydroxylation is 2. The van der Waals surface area contributed by atoms with Crippen molar-refractivity contribution in [2.24, 2.45) is 4.99 Å². The highest BCUT2D eigenvalue weighted by Gasteiger charge is 2.32. The number of benzene rings is 1. The van der Waals surface area contributed by atoms with Gasteiger partial charge in [0.05, 0.1) is 11.3 Å². The Hall–Kier alpha value is -2.35. The Kier molecular flexibility index (Phi) is 6.09. The molecule has 1 aromatic carbocycles. The second-order valence-corrected chi connectivity index (χ2v) is 10.6. The maximum atomic E-state index is 12.9. The van der Waals surface area contributed by atoms with Gasteiger partial charge in [0.2, 0.25) is 0 Å². The van der Waals surface area contributed by atoms with Crippen molar-refractivity contribution in [1.29, 1.82) is 0 Å². The van der Waals surface area contributed by atoms with Crippen LogP contribution in [0, 0.1) is 20.8 Å². The molecule has 0 amide bonds. The monoisotopic (exact) mass is 470 g/mol. The largest absolute Gasteiger partial charge is 0.390 e. The summed E-state index contributed by atoms with van der Waals surface area (Å²) < 4.78 is 2.04. The highest BCUT2D eigenvalue weighted by Crippen LogP contribution is 2.39. The first-order valence-corrected chi connectivity index (χ1v) is 11.8. The fraction of sp³-hybridized carbons (Fsp3) is 0.417. The molecule has 0 aliphatic carbocycles. The molecule has 4 rings (SSSR count). The molecule has 3 heterocycles. The van der Waals surface area contributed by atoms with E-state index in [4.69, 9.17) is 16.6 Å². The van der Waals surface area contributed by atoms with E-state index >= 15 is 0 Å². The molecule has 8 heteroatoms. The first kappa shape index (κ1) is 22.8. The molecule has 0 unspecified atom stereocenters. The molecule has 0 spiro atoms. The van der Waals surface area contributed by atoms with Crippen molar-refractivity contribution in [1.82, 2.24) is 14.8 Å². The number of rotatable bonds is 6. The van der Waals surface area contributed by atoms with E-state index in [1.807, 2.05) is 35.8 Å². The van der Waals surface area contributed by atoms with Crippen LogP contribution in [0.2, 0.25) is 5.02 Å². The van der Waals surface area contributed by atoms with Crippen LogP contribution in [0.25, 0.3) is 5.00 Å². The molecule has 3 aromatic rings. The van der Waals surface area contributed by atoms with Crippen LogP contribution in [0.4, 0.5) is 0 Å². The van der Waals surface area contributed by atoms with Gasteiger partial charge in [0.15, 0.2) is 5.82 Å². The minimum absolute atomic E-state index is 0.0432. The van der Waals surface area contributed by atoms with E-state index in [9.17, 15) is 9.90 Å². The molecule has 6 nitrogen and oxygen atoms in total. The summed E-state index contributed by atoms with van der Waals surface area (Å²) in [6, 6.07) is 7.17. The molecule has 32 heavy (non-hydrogen) atoms. The summed E-state index contributed by atoms with van der Waals surface area (Å²) in [7, 11) is 0. The van der Waals surface area contributed by atoms with Crippen molar-refractivity contribution in [2.75, 3.05) is 0 Å². The lowest BCUT2D eigenvalue weighted by molar-refractivity contribution is -0.120. The van der Waals surface area contributed by atoms with Crippen LogP contribution < -0.4 is 0 Å². The number of thiophene rings is 1. The number of halogens is 1.